The minimum absolute atomic E-state index is 0.326. The third kappa shape index (κ3) is 3.32. The van der Waals surface area contributed by atoms with Crippen molar-refractivity contribution in [1.29, 1.82) is 0 Å². The molecule has 0 unspecified atom stereocenters. The van der Waals surface area contributed by atoms with Gasteiger partial charge in [-0.1, -0.05) is 25.4 Å². The molecule has 1 rings (SSSR count). The first-order chi connectivity index (χ1) is 7.11. The maximum Gasteiger partial charge on any atom is 0.171 e. The lowest BCUT2D eigenvalue weighted by atomic mass is 9.98. The molecule has 4 nitrogen and oxygen atoms in total. The molecule has 0 bridgehead atoms. The van der Waals surface area contributed by atoms with E-state index in [1.807, 2.05) is 13.8 Å². The first-order valence-corrected chi connectivity index (χ1v) is 5.42. The van der Waals surface area contributed by atoms with Crippen molar-refractivity contribution in [3.05, 3.63) is 17.5 Å². The lowest BCUT2D eigenvalue weighted by Gasteiger charge is -2.25. The SMILES string of the molecule is CCC(O)(CC)CNc1nccnc1Cl. The average Bonchev–Trinajstić information content (AvgIpc) is 2.28. The van der Waals surface area contributed by atoms with Gasteiger partial charge in [0.15, 0.2) is 11.0 Å². The zero-order valence-electron chi connectivity index (χ0n) is 9.00. The summed E-state index contributed by atoms with van der Waals surface area (Å²) in [4.78, 5) is 7.92. The highest BCUT2D eigenvalue weighted by Crippen LogP contribution is 2.18. The van der Waals surface area contributed by atoms with Gasteiger partial charge in [0.1, 0.15) is 0 Å². The quantitative estimate of drug-likeness (QED) is 0.812. The summed E-state index contributed by atoms with van der Waals surface area (Å²) < 4.78 is 0. The van der Waals surface area contributed by atoms with E-state index in [-0.39, 0.29) is 0 Å². The molecular formula is C10H16ClN3O. The lowest BCUT2D eigenvalue weighted by Crippen LogP contribution is -2.35. The topological polar surface area (TPSA) is 58.0 Å². The number of hydrogen-bond acceptors (Lipinski definition) is 4. The Bertz CT molecular complexity index is 315. The number of rotatable bonds is 5. The van der Waals surface area contributed by atoms with Crippen molar-refractivity contribution in [3.8, 4) is 0 Å². The predicted molar refractivity (Wildman–Crippen MR) is 61.1 cm³/mol. The average molecular weight is 230 g/mol. The fraction of sp³-hybridized carbons (Fsp3) is 0.600. The third-order valence-corrected chi connectivity index (χ3v) is 2.83. The Labute approximate surface area is 94.7 Å². The van der Waals surface area contributed by atoms with Crippen LogP contribution in [0.1, 0.15) is 26.7 Å². The molecule has 0 fully saturated rings. The minimum atomic E-state index is -0.707. The van der Waals surface area contributed by atoms with Crippen LogP contribution >= 0.6 is 11.6 Å². The van der Waals surface area contributed by atoms with Gasteiger partial charge in [-0.3, -0.25) is 0 Å². The monoisotopic (exact) mass is 229 g/mol. The van der Waals surface area contributed by atoms with Crippen LogP contribution in [0.3, 0.4) is 0 Å². The van der Waals surface area contributed by atoms with Gasteiger partial charge in [0.05, 0.1) is 5.60 Å². The van der Waals surface area contributed by atoms with Crippen molar-refractivity contribution >= 4 is 17.4 Å². The molecule has 1 aromatic heterocycles. The van der Waals surface area contributed by atoms with Crippen LogP contribution in [0, 0.1) is 0 Å². The number of nitrogens with one attached hydrogen (secondary N) is 1. The van der Waals surface area contributed by atoms with Gasteiger partial charge in [0.2, 0.25) is 0 Å². The van der Waals surface area contributed by atoms with Crippen molar-refractivity contribution < 1.29 is 5.11 Å². The Balaban J connectivity index is 2.61. The molecule has 0 aromatic carbocycles. The molecule has 0 amide bonds. The van der Waals surface area contributed by atoms with E-state index in [2.05, 4.69) is 15.3 Å². The summed E-state index contributed by atoms with van der Waals surface area (Å²) in [7, 11) is 0. The molecule has 5 heteroatoms. The molecule has 0 spiro atoms. The molecule has 0 radical (unpaired) electrons. The summed E-state index contributed by atoms with van der Waals surface area (Å²) in [5.74, 6) is 0.513. The van der Waals surface area contributed by atoms with Crippen molar-refractivity contribution in [2.45, 2.75) is 32.3 Å². The fourth-order valence-corrected chi connectivity index (χ4v) is 1.36. The van der Waals surface area contributed by atoms with Crippen LogP contribution in [0.4, 0.5) is 5.82 Å². The van der Waals surface area contributed by atoms with Crippen LogP contribution in [-0.2, 0) is 0 Å². The molecule has 1 heterocycles. The summed E-state index contributed by atoms with van der Waals surface area (Å²) in [6.07, 6.45) is 4.47. The van der Waals surface area contributed by atoms with E-state index in [9.17, 15) is 5.11 Å². The number of anilines is 1. The second-order valence-electron chi connectivity index (χ2n) is 3.48. The van der Waals surface area contributed by atoms with Gasteiger partial charge in [0, 0.05) is 18.9 Å². The standard InChI is InChI=1S/C10H16ClN3O/c1-3-10(15,4-2)7-14-9-8(11)12-5-6-13-9/h5-6,15H,3-4,7H2,1-2H3,(H,13,14). The second-order valence-corrected chi connectivity index (χ2v) is 3.84. The molecule has 84 valence electrons. The summed E-state index contributed by atoms with van der Waals surface area (Å²) in [6.45, 7) is 4.32. The molecule has 0 saturated heterocycles. The molecule has 15 heavy (non-hydrogen) atoms. The fourth-order valence-electron chi connectivity index (χ4n) is 1.19. The molecule has 2 N–H and O–H groups in total. The molecule has 0 aliphatic carbocycles. The number of aliphatic hydroxyl groups is 1. The smallest absolute Gasteiger partial charge is 0.171 e. The summed E-state index contributed by atoms with van der Waals surface area (Å²) in [5, 5.41) is 13.4. The number of halogens is 1. The summed E-state index contributed by atoms with van der Waals surface area (Å²) >= 11 is 5.82. The summed E-state index contributed by atoms with van der Waals surface area (Å²) in [5.41, 5.74) is -0.707. The van der Waals surface area contributed by atoms with Crippen LogP contribution in [0.2, 0.25) is 5.15 Å². The van der Waals surface area contributed by atoms with Crippen molar-refractivity contribution in [1.82, 2.24) is 9.97 Å². The van der Waals surface area contributed by atoms with Crippen LogP contribution in [0.5, 0.6) is 0 Å². The van der Waals surface area contributed by atoms with Gasteiger partial charge in [-0.05, 0) is 12.8 Å². The van der Waals surface area contributed by atoms with Gasteiger partial charge in [0.25, 0.3) is 0 Å². The van der Waals surface area contributed by atoms with E-state index < -0.39 is 5.60 Å². The molecule has 0 aliphatic rings. The van der Waals surface area contributed by atoms with Gasteiger partial charge in [-0.15, -0.1) is 0 Å². The van der Waals surface area contributed by atoms with Gasteiger partial charge < -0.3 is 10.4 Å². The second kappa shape index (κ2) is 5.28. The zero-order valence-corrected chi connectivity index (χ0v) is 9.75. The number of hydrogen-bond donors (Lipinski definition) is 2. The van der Waals surface area contributed by atoms with Crippen molar-refractivity contribution in [2.24, 2.45) is 0 Å². The molecule has 1 aromatic rings. The number of nitrogens with zero attached hydrogens (tertiary/aromatic N) is 2. The predicted octanol–water partition coefficient (Wildman–Crippen LogP) is 2.09. The van der Waals surface area contributed by atoms with Gasteiger partial charge in [-0.2, -0.15) is 0 Å². The largest absolute Gasteiger partial charge is 0.388 e. The van der Waals surface area contributed by atoms with Crippen molar-refractivity contribution in [2.75, 3.05) is 11.9 Å². The van der Waals surface area contributed by atoms with E-state index in [0.29, 0.717) is 30.4 Å². The van der Waals surface area contributed by atoms with Crippen LogP contribution < -0.4 is 5.32 Å². The van der Waals surface area contributed by atoms with E-state index in [1.165, 1.54) is 6.20 Å². The van der Waals surface area contributed by atoms with Gasteiger partial charge in [-0.25, -0.2) is 9.97 Å². The molecule has 0 aliphatic heterocycles. The van der Waals surface area contributed by atoms with E-state index in [1.54, 1.807) is 6.20 Å². The zero-order chi connectivity index (χ0) is 11.3. The highest BCUT2D eigenvalue weighted by atomic mass is 35.5. The Morgan fingerprint density at radius 2 is 1.93 bits per heavy atom. The highest BCUT2D eigenvalue weighted by molar-refractivity contribution is 6.31. The molecule has 0 atom stereocenters. The molecule has 0 saturated carbocycles. The first-order valence-electron chi connectivity index (χ1n) is 5.04. The van der Waals surface area contributed by atoms with Crippen LogP contribution in [0.15, 0.2) is 12.4 Å². The van der Waals surface area contributed by atoms with Crippen LogP contribution in [-0.4, -0.2) is 27.2 Å². The summed E-state index contributed by atoms with van der Waals surface area (Å²) in [6, 6.07) is 0. The minimum Gasteiger partial charge on any atom is -0.388 e. The maximum atomic E-state index is 10.0. The molecular weight excluding hydrogens is 214 g/mol. The van der Waals surface area contributed by atoms with Crippen molar-refractivity contribution in [3.63, 3.8) is 0 Å². The Morgan fingerprint density at radius 3 is 2.47 bits per heavy atom. The van der Waals surface area contributed by atoms with E-state index >= 15 is 0 Å². The third-order valence-electron chi connectivity index (χ3n) is 2.55. The number of aromatic nitrogens is 2. The Morgan fingerprint density at radius 1 is 1.33 bits per heavy atom. The Hall–Kier alpha value is -0.870. The highest BCUT2D eigenvalue weighted by Gasteiger charge is 2.22. The lowest BCUT2D eigenvalue weighted by molar-refractivity contribution is 0.0456. The first kappa shape index (κ1) is 12.2. The normalized spacial score (nSPS) is 11.5. The van der Waals surface area contributed by atoms with Crippen LogP contribution in [0.25, 0.3) is 0 Å². The maximum absolute atomic E-state index is 10.0. The van der Waals surface area contributed by atoms with E-state index in [0.717, 1.165) is 0 Å². The Kier molecular flexibility index (Phi) is 4.29. The van der Waals surface area contributed by atoms with E-state index in [4.69, 9.17) is 11.6 Å². The van der Waals surface area contributed by atoms with Gasteiger partial charge >= 0.3 is 0 Å².